The molecule has 0 spiro atoms. The third-order valence-electron chi connectivity index (χ3n) is 2.58. The van der Waals surface area contributed by atoms with Crippen molar-refractivity contribution in [1.29, 1.82) is 0 Å². The molecule has 0 bridgehead atoms. The number of carbonyl (C=O) groups excluding carboxylic acids is 1. The van der Waals surface area contributed by atoms with Crippen LogP contribution in [0.4, 0.5) is 0 Å². The van der Waals surface area contributed by atoms with E-state index in [1.165, 1.54) is 11.3 Å². The molecule has 1 amide bonds. The van der Waals surface area contributed by atoms with Crippen molar-refractivity contribution in [3.8, 4) is 0 Å². The third kappa shape index (κ3) is 3.06. The number of halogens is 2. The van der Waals surface area contributed by atoms with Crippen LogP contribution in [0.1, 0.15) is 23.2 Å². The van der Waals surface area contributed by atoms with Crippen LogP contribution < -0.4 is 10.6 Å². The minimum Gasteiger partial charge on any atom is -0.349 e. The lowest BCUT2D eigenvalue weighted by atomic mass is 10.1. The largest absolute Gasteiger partial charge is 0.349 e. The first-order valence-corrected chi connectivity index (χ1v) is 7.53. The third-order valence-corrected chi connectivity index (χ3v) is 4.91. The van der Waals surface area contributed by atoms with E-state index >= 15 is 0 Å². The lowest BCUT2D eigenvalue weighted by Crippen LogP contribution is -2.42. The first-order chi connectivity index (χ1) is 7.66. The van der Waals surface area contributed by atoms with Crippen LogP contribution in [-0.2, 0) is 0 Å². The molecule has 0 aromatic carbocycles. The van der Waals surface area contributed by atoms with Crippen molar-refractivity contribution in [3.05, 3.63) is 19.2 Å². The van der Waals surface area contributed by atoms with E-state index in [1.54, 1.807) is 0 Å². The predicted molar refractivity (Wildman–Crippen MR) is 73.1 cm³/mol. The molecule has 16 heavy (non-hydrogen) atoms. The van der Waals surface area contributed by atoms with Crippen LogP contribution in [0.2, 0.25) is 0 Å². The highest BCUT2D eigenvalue weighted by Gasteiger charge is 2.19. The second-order valence-corrected chi connectivity index (χ2v) is 7.48. The highest BCUT2D eigenvalue weighted by molar-refractivity contribution is 9.12. The lowest BCUT2D eigenvalue weighted by molar-refractivity contribution is 0.0929. The van der Waals surface area contributed by atoms with E-state index in [0.29, 0.717) is 6.04 Å². The van der Waals surface area contributed by atoms with Crippen molar-refractivity contribution < 1.29 is 4.79 Å². The Hall–Kier alpha value is 0.0900. The van der Waals surface area contributed by atoms with Gasteiger partial charge in [0.25, 0.3) is 5.91 Å². The summed E-state index contributed by atoms with van der Waals surface area (Å²) in [5.74, 6) is 0.0146. The Labute approximate surface area is 115 Å². The summed E-state index contributed by atoms with van der Waals surface area (Å²) in [6.07, 6.45) is 2.02. The molecule has 1 aliphatic rings. The van der Waals surface area contributed by atoms with Crippen LogP contribution in [-0.4, -0.2) is 25.0 Å². The van der Waals surface area contributed by atoms with Gasteiger partial charge in [0.15, 0.2) is 0 Å². The Morgan fingerprint density at radius 2 is 2.12 bits per heavy atom. The number of nitrogens with one attached hydrogen (secondary N) is 2. The van der Waals surface area contributed by atoms with Gasteiger partial charge in [-0.05, 0) is 63.9 Å². The van der Waals surface area contributed by atoms with Crippen LogP contribution in [0.3, 0.4) is 0 Å². The Kier molecular flexibility index (Phi) is 4.41. The number of hydrogen-bond acceptors (Lipinski definition) is 3. The Balaban J connectivity index is 1.99. The summed E-state index contributed by atoms with van der Waals surface area (Å²) in [5, 5.41) is 6.34. The molecule has 0 radical (unpaired) electrons. The Bertz CT molecular complexity index is 388. The molecule has 0 unspecified atom stereocenters. The van der Waals surface area contributed by atoms with Crippen LogP contribution in [0.15, 0.2) is 13.6 Å². The summed E-state index contributed by atoms with van der Waals surface area (Å²) in [6, 6.07) is 2.16. The van der Waals surface area contributed by atoms with Gasteiger partial charge >= 0.3 is 0 Å². The van der Waals surface area contributed by atoms with Gasteiger partial charge in [-0.3, -0.25) is 4.79 Å². The van der Waals surface area contributed by atoms with Crippen LogP contribution in [0, 0.1) is 0 Å². The van der Waals surface area contributed by atoms with E-state index in [-0.39, 0.29) is 5.91 Å². The van der Waals surface area contributed by atoms with Gasteiger partial charge in [0.05, 0.1) is 13.1 Å². The van der Waals surface area contributed by atoms with Gasteiger partial charge in [-0.25, -0.2) is 0 Å². The zero-order chi connectivity index (χ0) is 11.5. The molecular weight excluding hydrogens is 356 g/mol. The molecule has 0 atom stereocenters. The Morgan fingerprint density at radius 3 is 2.69 bits per heavy atom. The number of rotatable bonds is 2. The molecule has 0 saturated carbocycles. The number of hydrogen-bond donors (Lipinski definition) is 2. The number of amides is 1. The van der Waals surface area contributed by atoms with E-state index < -0.39 is 0 Å². The van der Waals surface area contributed by atoms with Gasteiger partial charge < -0.3 is 10.6 Å². The first-order valence-electron chi connectivity index (χ1n) is 5.13. The summed E-state index contributed by atoms with van der Waals surface area (Å²) in [5.41, 5.74) is 0.718. The minimum absolute atomic E-state index is 0.0146. The van der Waals surface area contributed by atoms with Crippen LogP contribution in [0.25, 0.3) is 0 Å². The SMILES string of the molecule is O=C(NC1CCNCC1)c1cc(Br)sc1Br. The van der Waals surface area contributed by atoms with E-state index in [4.69, 9.17) is 0 Å². The Morgan fingerprint density at radius 1 is 1.44 bits per heavy atom. The van der Waals surface area contributed by atoms with Crippen molar-refractivity contribution >= 4 is 49.1 Å². The molecule has 88 valence electrons. The van der Waals surface area contributed by atoms with Gasteiger partial charge in [0, 0.05) is 6.04 Å². The van der Waals surface area contributed by atoms with E-state index in [0.717, 1.165) is 39.1 Å². The van der Waals surface area contributed by atoms with E-state index in [9.17, 15) is 4.79 Å². The highest BCUT2D eigenvalue weighted by Crippen LogP contribution is 2.31. The molecule has 6 heteroatoms. The maximum atomic E-state index is 12.0. The fraction of sp³-hybridized carbons (Fsp3) is 0.500. The molecule has 2 N–H and O–H groups in total. The van der Waals surface area contributed by atoms with E-state index in [2.05, 4.69) is 42.5 Å². The molecule has 1 aliphatic heterocycles. The van der Waals surface area contributed by atoms with Crippen molar-refractivity contribution in [2.45, 2.75) is 18.9 Å². The molecule has 1 aromatic heterocycles. The molecule has 3 nitrogen and oxygen atoms in total. The second kappa shape index (κ2) is 5.62. The molecule has 2 rings (SSSR count). The standard InChI is InChI=1S/C10H12Br2N2OS/c11-8-5-7(9(12)16-8)10(15)14-6-1-3-13-4-2-6/h5-6,13H,1-4H2,(H,14,15). The van der Waals surface area contributed by atoms with Gasteiger partial charge in [0.1, 0.15) is 0 Å². The number of piperidine rings is 1. The highest BCUT2D eigenvalue weighted by atomic mass is 79.9. The average molecular weight is 368 g/mol. The normalized spacial score (nSPS) is 17.4. The van der Waals surface area contributed by atoms with Gasteiger partial charge in [-0.15, -0.1) is 11.3 Å². The summed E-state index contributed by atoms with van der Waals surface area (Å²) in [4.78, 5) is 12.0. The molecule has 1 saturated heterocycles. The zero-order valence-electron chi connectivity index (χ0n) is 8.56. The lowest BCUT2D eigenvalue weighted by Gasteiger charge is -2.23. The predicted octanol–water partition coefficient (Wildman–Crippen LogP) is 2.75. The summed E-state index contributed by atoms with van der Waals surface area (Å²) in [7, 11) is 0. The quantitative estimate of drug-likeness (QED) is 0.843. The summed E-state index contributed by atoms with van der Waals surface area (Å²) >= 11 is 8.29. The van der Waals surface area contributed by atoms with Gasteiger partial charge in [-0.1, -0.05) is 0 Å². The van der Waals surface area contributed by atoms with Crippen molar-refractivity contribution in [3.63, 3.8) is 0 Å². The monoisotopic (exact) mass is 366 g/mol. The van der Waals surface area contributed by atoms with Gasteiger partial charge in [-0.2, -0.15) is 0 Å². The number of thiophene rings is 1. The van der Waals surface area contributed by atoms with Crippen LogP contribution >= 0.6 is 43.2 Å². The molecule has 0 aliphatic carbocycles. The van der Waals surface area contributed by atoms with Crippen molar-refractivity contribution in [1.82, 2.24) is 10.6 Å². The minimum atomic E-state index is 0.0146. The zero-order valence-corrected chi connectivity index (χ0v) is 12.5. The van der Waals surface area contributed by atoms with Crippen molar-refractivity contribution in [2.75, 3.05) is 13.1 Å². The van der Waals surface area contributed by atoms with Crippen molar-refractivity contribution in [2.24, 2.45) is 0 Å². The second-order valence-electron chi connectivity index (χ2n) is 3.74. The maximum absolute atomic E-state index is 12.0. The molecule has 2 heterocycles. The van der Waals surface area contributed by atoms with Crippen LogP contribution in [0.5, 0.6) is 0 Å². The summed E-state index contributed by atoms with van der Waals surface area (Å²) in [6.45, 7) is 1.97. The fourth-order valence-electron chi connectivity index (χ4n) is 1.72. The number of carbonyl (C=O) groups is 1. The average Bonchev–Trinajstić information content (AvgIpc) is 2.59. The topological polar surface area (TPSA) is 41.1 Å². The molecular formula is C10H12Br2N2OS. The van der Waals surface area contributed by atoms with E-state index in [1.807, 2.05) is 6.07 Å². The molecule has 1 fully saturated rings. The first kappa shape index (κ1) is 12.5. The summed E-state index contributed by atoms with van der Waals surface area (Å²) < 4.78 is 1.85. The maximum Gasteiger partial charge on any atom is 0.253 e. The molecule has 1 aromatic rings. The van der Waals surface area contributed by atoms with Gasteiger partial charge in [0.2, 0.25) is 0 Å². The fourth-order valence-corrected chi connectivity index (χ4v) is 4.52. The smallest absolute Gasteiger partial charge is 0.253 e.